The highest BCUT2D eigenvalue weighted by molar-refractivity contribution is 5.94. The number of carbonyl (C=O) groups is 1. The van der Waals surface area contributed by atoms with Crippen molar-refractivity contribution in [1.29, 1.82) is 0 Å². The summed E-state index contributed by atoms with van der Waals surface area (Å²) in [6.45, 7) is 1.96. The molecule has 2 aromatic carbocycles. The molecule has 0 atom stereocenters. The monoisotopic (exact) mass is 347 g/mol. The molecule has 0 aliphatic rings. The van der Waals surface area contributed by atoms with E-state index in [1.54, 1.807) is 6.07 Å². The van der Waals surface area contributed by atoms with E-state index in [9.17, 15) is 23.1 Å². The fourth-order valence-corrected chi connectivity index (χ4v) is 3.03. The van der Waals surface area contributed by atoms with E-state index in [2.05, 4.69) is 4.98 Å². The van der Waals surface area contributed by atoms with Gasteiger partial charge in [0.25, 0.3) is 0 Å². The summed E-state index contributed by atoms with van der Waals surface area (Å²) < 4.78 is 40.1. The van der Waals surface area contributed by atoms with E-state index in [-0.39, 0.29) is 17.7 Å². The molecule has 0 saturated heterocycles. The molecule has 6 heteroatoms. The molecule has 0 radical (unpaired) electrons. The van der Waals surface area contributed by atoms with Gasteiger partial charge in [-0.3, -0.25) is 4.79 Å². The number of alkyl halides is 3. The van der Waals surface area contributed by atoms with Gasteiger partial charge in [0.05, 0.1) is 17.7 Å². The molecule has 0 aliphatic heterocycles. The maximum atomic E-state index is 13.4. The van der Waals surface area contributed by atoms with Gasteiger partial charge < -0.3 is 10.1 Å². The van der Waals surface area contributed by atoms with E-state index in [4.69, 9.17) is 0 Å². The summed E-state index contributed by atoms with van der Waals surface area (Å²) in [5.41, 5.74) is 1.37. The Bertz CT molecular complexity index is 941. The summed E-state index contributed by atoms with van der Waals surface area (Å²) >= 11 is 0. The first-order valence-corrected chi connectivity index (χ1v) is 7.83. The van der Waals surface area contributed by atoms with Crippen LogP contribution in [0.3, 0.4) is 0 Å². The van der Waals surface area contributed by atoms with E-state index in [0.717, 1.165) is 18.1 Å². The number of rotatable bonds is 4. The van der Waals surface area contributed by atoms with Crippen LogP contribution in [0.4, 0.5) is 13.2 Å². The van der Waals surface area contributed by atoms with Crippen molar-refractivity contribution in [3.8, 4) is 11.3 Å². The number of fused-ring (bicyclic) bond motifs is 1. The van der Waals surface area contributed by atoms with Crippen LogP contribution in [0.5, 0.6) is 0 Å². The van der Waals surface area contributed by atoms with Crippen molar-refractivity contribution in [3.05, 3.63) is 59.2 Å². The van der Waals surface area contributed by atoms with Gasteiger partial charge >= 0.3 is 12.1 Å². The number of benzene rings is 2. The highest BCUT2D eigenvalue weighted by atomic mass is 19.4. The first kappa shape index (κ1) is 17.1. The lowest BCUT2D eigenvalue weighted by Crippen LogP contribution is -2.08. The van der Waals surface area contributed by atoms with Crippen molar-refractivity contribution in [2.24, 2.45) is 0 Å². The molecule has 0 unspecified atom stereocenters. The molecule has 1 aromatic heterocycles. The van der Waals surface area contributed by atoms with Gasteiger partial charge in [0.1, 0.15) is 0 Å². The summed E-state index contributed by atoms with van der Waals surface area (Å²) in [7, 11) is 0. The number of H-pyrrole nitrogens is 1. The van der Waals surface area contributed by atoms with Crippen LogP contribution in [0.15, 0.2) is 42.5 Å². The zero-order valence-corrected chi connectivity index (χ0v) is 13.4. The van der Waals surface area contributed by atoms with Gasteiger partial charge in [-0.15, -0.1) is 0 Å². The van der Waals surface area contributed by atoms with E-state index in [1.807, 2.05) is 19.1 Å². The van der Waals surface area contributed by atoms with Gasteiger partial charge in [-0.05, 0) is 35.7 Å². The highest BCUT2D eigenvalue weighted by Crippen LogP contribution is 2.40. The smallest absolute Gasteiger partial charge is 0.417 e. The Morgan fingerprint density at radius 3 is 2.52 bits per heavy atom. The van der Waals surface area contributed by atoms with Crippen LogP contribution in [-0.4, -0.2) is 16.1 Å². The van der Waals surface area contributed by atoms with E-state index < -0.39 is 17.7 Å². The van der Waals surface area contributed by atoms with Crippen LogP contribution in [0.2, 0.25) is 0 Å². The largest absolute Gasteiger partial charge is 0.481 e. The Balaban J connectivity index is 2.31. The molecule has 0 fully saturated rings. The van der Waals surface area contributed by atoms with Crippen LogP contribution in [0.1, 0.15) is 23.6 Å². The third kappa shape index (κ3) is 3.24. The van der Waals surface area contributed by atoms with Gasteiger partial charge in [-0.25, -0.2) is 0 Å². The Hall–Kier alpha value is -2.76. The normalized spacial score (nSPS) is 11.8. The molecule has 0 bridgehead atoms. The van der Waals surface area contributed by atoms with Gasteiger partial charge in [0.2, 0.25) is 0 Å². The van der Waals surface area contributed by atoms with Gasteiger partial charge in [0.15, 0.2) is 0 Å². The first-order chi connectivity index (χ1) is 11.8. The minimum absolute atomic E-state index is 0.0412. The van der Waals surface area contributed by atoms with Crippen molar-refractivity contribution < 1.29 is 23.1 Å². The Labute approximate surface area is 142 Å². The third-order valence-corrected chi connectivity index (χ3v) is 4.21. The number of halogens is 3. The van der Waals surface area contributed by atoms with E-state index in [1.165, 1.54) is 18.2 Å². The van der Waals surface area contributed by atoms with E-state index in [0.29, 0.717) is 16.5 Å². The maximum absolute atomic E-state index is 13.4. The fraction of sp³-hybridized carbons (Fsp3) is 0.211. The van der Waals surface area contributed by atoms with Gasteiger partial charge in [0, 0.05) is 16.5 Å². The molecular formula is C19H16F3NO2. The van der Waals surface area contributed by atoms with Crippen LogP contribution in [0, 0.1) is 0 Å². The van der Waals surface area contributed by atoms with Crippen molar-refractivity contribution >= 4 is 16.9 Å². The number of aromatic nitrogens is 1. The Morgan fingerprint density at radius 1 is 1.16 bits per heavy atom. The second-order valence-corrected chi connectivity index (χ2v) is 5.83. The molecule has 0 saturated carbocycles. The second-order valence-electron chi connectivity index (χ2n) is 5.83. The predicted molar refractivity (Wildman–Crippen MR) is 89.5 cm³/mol. The third-order valence-electron chi connectivity index (χ3n) is 4.21. The van der Waals surface area contributed by atoms with Crippen molar-refractivity contribution in [3.63, 3.8) is 0 Å². The molecule has 2 N–H and O–H groups in total. The molecule has 25 heavy (non-hydrogen) atoms. The average molecular weight is 347 g/mol. The Kier molecular flexibility index (Phi) is 4.29. The fourth-order valence-electron chi connectivity index (χ4n) is 3.03. The lowest BCUT2D eigenvalue weighted by atomic mass is 9.97. The zero-order valence-electron chi connectivity index (χ0n) is 13.4. The number of carboxylic acid groups (broad SMARTS) is 1. The number of aliphatic carboxylic acids is 1. The summed E-state index contributed by atoms with van der Waals surface area (Å²) in [6.07, 6.45) is -4.13. The first-order valence-electron chi connectivity index (χ1n) is 7.83. The van der Waals surface area contributed by atoms with Crippen molar-refractivity contribution in [2.45, 2.75) is 25.9 Å². The quantitative estimate of drug-likeness (QED) is 0.694. The number of aromatic amines is 1. The lowest BCUT2D eigenvalue weighted by Gasteiger charge is -2.13. The molecule has 3 aromatic rings. The summed E-state index contributed by atoms with van der Waals surface area (Å²) in [5, 5.41) is 9.88. The van der Waals surface area contributed by atoms with Gasteiger partial charge in [-0.1, -0.05) is 31.2 Å². The molecule has 1 heterocycles. The minimum atomic E-state index is -4.52. The number of hydrogen-bond donors (Lipinski definition) is 2. The number of aryl methyl sites for hydroxylation is 1. The maximum Gasteiger partial charge on any atom is 0.417 e. The topological polar surface area (TPSA) is 53.1 Å². The zero-order chi connectivity index (χ0) is 18.2. The van der Waals surface area contributed by atoms with Crippen molar-refractivity contribution in [1.82, 2.24) is 4.98 Å². The SMILES string of the molecule is CCc1ccc2[nH]c(-c3ccccc3C(F)(F)F)c(CC(=O)O)c2c1. The minimum Gasteiger partial charge on any atom is -0.481 e. The lowest BCUT2D eigenvalue weighted by molar-refractivity contribution is -0.137. The number of carboxylic acids is 1. The summed E-state index contributed by atoms with van der Waals surface area (Å²) in [6, 6.07) is 10.7. The molecule has 0 spiro atoms. The average Bonchev–Trinajstić information content (AvgIpc) is 2.91. The molecule has 3 nitrogen and oxygen atoms in total. The van der Waals surface area contributed by atoms with Crippen LogP contribution in [-0.2, 0) is 23.8 Å². The number of hydrogen-bond acceptors (Lipinski definition) is 1. The predicted octanol–water partition coefficient (Wildman–Crippen LogP) is 5.04. The standard InChI is InChI=1S/C19H16F3NO2/c1-2-11-7-8-16-13(9-11)14(10-17(24)25)18(23-16)12-5-3-4-6-15(12)19(20,21)22/h3-9,23H,2,10H2,1H3,(H,24,25). The van der Waals surface area contributed by atoms with E-state index >= 15 is 0 Å². The van der Waals surface area contributed by atoms with Crippen molar-refractivity contribution in [2.75, 3.05) is 0 Å². The molecule has 3 rings (SSSR count). The van der Waals surface area contributed by atoms with Crippen LogP contribution in [0.25, 0.3) is 22.2 Å². The second kappa shape index (κ2) is 6.27. The van der Waals surface area contributed by atoms with Crippen LogP contribution < -0.4 is 0 Å². The Morgan fingerprint density at radius 2 is 1.88 bits per heavy atom. The number of nitrogens with one attached hydrogen (secondary N) is 1. The molecular weight excluding hydrogens is 331 g/mol. The van der Waals surface area contributed by atoms with Crippen LogP contribution >= 0.6 is 0 Å². The molecule has 130 valence electrons. The molecule has 0 amide bonds. The summed E-state index contributed by atoms with van der Waals surface area (Å²) in [4.78, 5) is 14.3. The highest BCUT2D eigenvalue weighted by Gasteiger charge is 2.34. The van der Waals surface area contributed by atoms with Gasteiger partial charge in [-0.2, -0.15) is 13.2 Å². The summed E-state index contributed by atoms with van der Waals surface area (Å²) in [5.74, 6) is -1.09. The molecule has 0 aliphatic carbocycles.